The molecule has 0 amide bonds. The van der Waals surface area contributed by atoms with Crippen LogP contribution in [0.1, 0.15) is 79.1 Å². The van der Waals surface area contributed by atoms with Crippen LogP contribution in [0.4, 0.5) is 4.39 Å². The summed E-state index contributed by atoms with van der Waals surface area (Å²) in [4.78, 5) is 13.0. The molecule has 4 fully saturated rings. The summed E-state index contributed by atoms with van der Waals surface area (Å²) in [5.74, 6) is 9.07. The lowest BCUT2D eigenvalue weighted by molar-refractivity contribution is -0.133. The predicted molar refractivity (Wildman–Crippen MR) is 120 cm³/mol. The lowest BCUT2D eigenvalue weighted by Gasteiger charge is -2.57. The van der Waals surface area contributed by atoms with E-state index in [-0.39, 0.29) is 29.6 Å². The van der Waals surface area contributed by atoms with Gasteiger partial charge in [0.1, 0.15) is 19.1 Å². The van der Waals surface area contributed by atoms with Crippen molar-refractivity contribution in [2.24, 2.45) is 63.5 Å². The Hall–Kier alpha value is -1.17. The lowest BCUT2D eigenvalue weighted by atomic mass is 9.49. The summed E-state index contributed by atoms with van der Waals surface area (Å²) in [5, 5.41) is 4.92. The van der Waals surface area contributed by atoms with Crippen molar-refractivity contribution in [3.63, 3.8) is 0 Å². The molecule has 9 unspecified atom stereocenters. The van der Waals surface area contributed by atoms with Crippen LogP contribution in [0.15, 0.2) is 5.10 Å². The van der Waals surface area contributed by atoms with Gasteiger partial charge in [-0.3, -0.25) is 4.79 Å². The largest absolute Gasteiger partial charge is 0.388 e. The fraction of sp³-hybridized carbons (Fsp3) is 0.917. The quantitative estimate of drug-likeness (QED) is 0.302. The Kier molecular flexibility index (Phi) is 7.47. The summed E-state index contributed by atoms with van der Waals surface area (Å²) in [7, 11) is 0. The average molecular weight is 423 g/mol. The highest BCUT2D eigenvalue weighted by Crippen LogP contribution is 2.64. The number of carbonyl (C=O) groups is 1. The third kappa shape index (κ3) is 4.13. The highest BCUT2D eigenvalue weighted by molar-refractivity contribution is 5.84. The van der Waals surface area contributed by atoms with Crippen molar-refractivity contribution < 1.29 is 9.18 Å². The number of alkyl halides is 1. The van der Waals surface area contributed by atoms with E-state index in [1.54, 1.807) is 0 Å². The van der Waals surface area contributed by atoms with E-state index in [9.17, 15) is 4.79 Å². The maximum Gasteiger partial charge on any atom is 0.159 e. The van der Waals surface area contributed by atoms with Crippen molar-refractivity contribution in [1.82, 2.24) is 5.12 Å². The maximum absolute atomic E-state index is 15.2. The molecule has 0 aromatic carbocycles. The first-order chi connectivity index (χ1) is 14.3. The molecule has 0 heterocycles. The predicted octanol–water partition coefficient (Wildman–Crippen LogP) is 4.51. The summed E-state index contributed by atoms with van der Waals surface area (Å²) in [5.41, 5.74) is 5.27. The summed E-state index contributed by atoms with van der Waals surface area (Å²) in [6.45, 7) is 8.68. The second-order valence-electron chi connectivity index (χ2n) is 10.4. The zero-order chi connectivity index (χ0) is 22.1. The zero-order valence-corrected chi connectivity index (χ0v) is 19.4. The number of Topliss-reactive ketones (excluding diaryl/α,β-unsaturated/α-hetero) is 1. The Morgan fingerprint density at radius 3 is 2.50 bits per heavy atom. The van der Waals surface area contributed by atoms with Gasteiger partial charge in [-0.05, 0) is 85.9 Å². The number of ketones is 1. The van der Waals surface area contributed by atoms with Gasteiger partial charge in [-0.1, -0.05) is 34.1 Å². The monoisotopic (exact) mass is 422 g/mol. The van der Waals surface area contributed by atoms with E-state index in [0.29, 0.717) is 29.6 Å². The number of carbonyl (C=O) groups excluding carboxylic acids is 1. The van der Waals surface area contributed by atoms with Gasteiger partial charge < -0.3 is 5.73 Å². The number of rotatable bonds is 4. The minimum atomic E-state index is -0.649. The van der Waals surface area contributed by atoms with Gasteiger partial charge >= 0.3 is 0 Å². The summed E-state index contributed by atoms with van der Waals surface area (Å²) < 4.78 is 15.2. The highest BCUT2D eigenvalue weighted by atomic mass is 19.1. The van der Waals surface area contributed by atoms with Gasteiger partial charge in [0.15, 0.2) is 5.78 Å². The molecule has 0 bridgehead atoms. The van der Waals surface area contributed by atoms with Gasteiger partial charge in [-0.25, -0.2) is 15.4 Å². The Balaban J connectivity index is 0.00000124. The molecule has 0 aromatic rings. The van der Waals surface area contributed by atoms with Crippen LogP contribution in [-0.4, -0.2) is 30.0 Å². The van der Waals surface area contributed by atoms with Crippen molar-refractivity contribution in [1.29, 1.82) is 0 Å². The Morgan fingerprint density at radius 2 is 1.80 bits per heavy atom. The smallest absolute Gasteiger partial charge is 0.159 e. The molecule has 9 atom stereocenters. The SMILES string of the molecule is CC.CC1CCC2C(C1)C(F)CC1C2CCC2(C)C(C(=O)CN(N)/N=C\N)CCC12. The molecule has 4 aliphatic rings. The molecule has 0 spiro atoms. The van der Waals surface area contributed by atoms with E-state index in [1.165, 1.54) is 12.8 Å². The fourth-order valence-corrected chi connectivity index (χ4v) is 7.94. The summed E-state index contributed by atoms with van der Waals surface area (Å²) in [6.07, 6.45) is 8.95. The molecule has 0 aliphatic heterocycles. The van der Waals surface area contributed by atoms with E-state index in [1.807, 2.05) is 13.8 Å². The number of hydrazine groups is 1. The minimum Gasteiger partial charge on any atom is -0.388 e. The van der Waals surface area contributed by atoms with E-state index in [0.717, 1.165) is 50.0 Å². The summed E-state index contributed by atoms with van der Waals surface area (Å²) >= 11 is 0. The molecule has 4 rings (SSSR count). The molecule has 5 nitrogen and oxygen atoms in total. The molecule has 6 heteroatoms. The van der Waals surface area contributed by atoms with Gasteiger partial charge in [0.2, 0.25) is 0 Å². The van der Waals surface area contributed by atoms with Crippen LogP contribution in [0.2, 0.25) is 0 Å². The topological polar surface area (TPSA) is 84.7 Å². The van der Waals surface area contributed by atoms with Gasteiger partial charge in [-0.2, -0.15) is 5.10 Å². The number of halogens is 1. The molecular weight excluding hydrogens is 379 g/mol. The molecule has 0 radical (unpaired) electrons. The molecule has 172 valence electrons. The van der Waals surface area contributed by atoms with Crippen molar-refractivity contribution >= 4 is 12.1 Å². The van der Waals surface area contributed by atoms with Crippen LogP contribution in [-0.2, 0) is 4.79 Å². The van der Waals surface area contributed by atoms with E-state index >= 15 is 4.39 Å². The van der Waals surface area contributed by atoms with Crippen molar-refractivity contribution in [2.45, 2.75) is 85.2 Å². The normalized spacial score (nSPS) is 45.0. The Bertz CT molecular complexity index is 628. The lowest BCUT2D eigenvalue weighted by Crippen LogP contribution is -2.52. The summed E-state index contributed by atoms with van der Waals surface area (Å²) in [6, 6.07) is 0. The van der Waals surface area contributed by atoms with Crippen molar-refractivity contribution in [3.05, 3.63) is 0 Å². The molecule has 4 saturated carbocycles. The molecule has 4 aliphatic carbocycles. The second kappa shape index (κ2) is 9.54. The first-order valence-corrected chi connectivity index (χ1v) is 12.3. The Labute approximate surface area is 182 Å². The van der Waals surface area contributed by atoms with Gasteiger partial charge in [-0.15, -0.1) is 0 Å². The van der Waals surface area contributed by atoms with E-state index < -0.39 is 6.17 Å². The Morgan fingerprint density at radius 1 is 1.10 bits per heavy atom. The van der Waals surface area contributed by atoms with Gasteiger partial charge in [0.25, 0.3) is 0 Å². The van der Waals surface area contributed by atoms with Gasteiger partial charge in [0, 0.05) is 5.92 Å². The van der Waals surface area contributed by atoms with Crippen molar-refractivity contribution in [3.8, 4) is 0 Å². The number of fused-ring (bicyclic) bond motifs is 5. The molecule has 0 saturated heterocycles. The van der Waals surface area contributed by atoms with Gasteiger partial charge in [0.05, 0.1) is 0 Å². The number of nitrogens with zero attached hydrogens (tertiary/aromatic N) is 2. The van der Waals surface area contributed by atoms with Crippen LogP contribution in [0.3, 0.4) is 0 Å². The number of hydrazone groups is 1. The minimum absolute atomic E-state index is 0.0136. The number of nitrogens with two attached hydrogens (primary N) is 2. The average Bonchev–Trinajstić information content (AvgIpc) is 3.07. The standard InChI is InChI=1S/C22H37FN4O.C2H6/c1-13-3-4-14-15-7-8-22(2)18(16(15)10-20(23)17(14)9-13)5-6-19(22)21(28)11-27(25)26-12-24;1-2/h12-20H,3-11,25H2,1-2H3,(H2,24,26);1-2H3. The van der Waals surface area contributed by atoms with E-state index in [2.05, 4.69) is 18.9 Å². The molecule has 0 aromatic heterocycles. The molecular formula is C24H43FN4O. The van der Waals surface area contributed by atoms with Crippen molar-refractivity contribution in [2.75, 3.05) is 6.54 Å². The first-order valence-electron chi connectivity index (χ1n) is 12.3. The van der Waals surface area contributed by atoms with Crippen LogP contribution in [0.5, 0.6) is 0 Å². The third-order valence-electron chi connectivity index (χ3n) is 9.14. The fourth-order valence-electron chi connectivity index (χ4n) is 7.94. The number of hydrogen-bond acceptors (Lipinski definition) is 4. The highest BCUT2D eigenvalue weighted by Gasteiger charge is 2.59. The first kappa shape index (κ1) is 23.5. The van der Waals surface area contributed by atoms with Crippen LogP contribution in [0, 0.1) is 46.8 Å². The van der Waals surface area contributed by atoms with Crippen LogP contribution in [0.25, 0.3) is 0 Å². The second-order valence-corrected chi connectivity index (χ2v) is 10.4. The zero-order valence-electron chi connectivity index (χ0n) is 19.4. The maximum atomic E-state index is 15.2. The van der Waals surface area contributed by atoms with Crippen LogP contribution < -0.4 is 11.6 Å². The van der Waals surface area contributed by atoms with E-state index in [4.69, 9.17) is 11.6 Å². The number of hydrogen-bond donors (Lipinski definition) is 2. The van der Waals surface area contributed by atoms with Crippen LogP contribution >= 0.6 is 0 Å². The molecule has 4 N–H and O–H groups in total. The third-order valence-corrected chi connectivity index (χ3v) is 9.14. The molecule has 30 heavy (non-hydrogen) atoms.